The lowest BCUT2D eigenvalue weighted by Crippen LogP contribution is -2.31. The Morgan fingerprint density at radius 2 is 1.79 bits per heavy atom. The fourth-order valence-corrected chi connectivity index (χ4v) is 1.81. The Kier molecular flexibility index (Phi) is 7.96. The van der Waals surface area contributed by atoms with Crippen LogP contribution in [-0.4, -0.2) is 11.8 Å². The van der Waals surface area contributed by atoms with Gasteiger partial charge in [0.15, 0.2) is 0 Å². The summed E-state index contributed by atoms with van der Waals surface area (Å²) in [5, 5.41) is 0. The number of aryl methyl sites for hydroxylation is 1. The van der Waals surface area contributed by atoms with Crippen molar-refractivity contribution >= 4 is 18.2 Å². The Hall–Kier alpha value is -0.860. The molecule has 0 saturated carbocycles. The van der Waals surface area contributed by atoms with E-state index in [9.17, 15) is 4.79 Å². The fraction of sp³-hybridized carbons (Fsp3) is 0.562. The molecule has 0 aliphatic rings. The molecular weight excluding hydrogens is 258 g/mol. The van der Waals surface area contributed by atoms with Crippen LogP contribution in [0.3, 0.4) is 0 Å². The van der Waals surface area contributed by atoms with Crippen LogP contribution >= 0.6 is 12.4 Å². The summed E-state index contributed by atoms with van der Waals surface area (Å²) < 4.78 is 0. The molecule has 2 nitrogen and oxygen atoms in total. The van der Waals surface area contributed by atoms with Crippen LogP contribution in [-0.2, 0) is 11.2 Å². The van der Waals surface area contributed by atoms with Crippen LogP contribution in [0.1, 0.15) is 45.6 Å². The summed E-state index contributed by atoms with van der Waals surface area (Å²) in [4.78, 5) is 11.9. The Morgan fingerprint density at radius 3 is 2.32 bits per heavy atom. The van der Waals surface area contributed by atoms with E-state index in [1.54, 1.807) is 0 Å². The summed E-state index contributed by atoms with van der Waals surface area (Å²) in [6, 6.07) is 9.87. The van der Waals surface area contributed by atoms with Gasteiger partial charge in [-0.3, -0.25) is 4.79 Å². The average molecular weight is 284 g/mol. The monoisotopic (exact) mass is 283 g/mol. The number of hydrogen-bond donors (Lipinski definition) is 1. The van der Waals surface area contributed by atoms with Gasteiger partial charge >= 0.3 is 0 Å². The SMILES string of the molecule is CC(C)(C)CCC(=O)[C@@H](N)CCc1ccccc1.Cl. The Labute approximate surface area is 123 Å². The first-order valence-corrected chi connectivity index (χ1v) is 6.71. The molecule has 1 rings (SSSR count). The third-order valence-corrected chi connectivity index (χ3v) is 3.12. The summed E-state index contributed by atoms with van der Waals surface area (Å²) in [6.07, 6.45) is 3.13. The summed E-state index contributed by atoms with van der Waals surface area (Å²) in [6.45, 7) is 6.45. The second kappa shape index (κ2) is 8.34. The number of benzene rings is 1. The van der Waals surface area contributed by atoms with E-state index in [1.165, 1.54) is 5.56 Å². The Morgan fingerprint density at radius 1 is 1.21 bits per heavy atom. The van der Waals surface area contributed by atoms with Gasteiger partial charge in [-0.15, -0.1) is 12.4 Å². The predicted molar refractivity (Wildman–Crippen MR) is 83.7 cm³/mol. The summed E-state index contributed by atoms with van der Waals surface area (Å²) >= 11 is 0. The minimum absolute atomic E-state index is 0. The van der Waals surface area contributed by atoms with Gasteiger partial charge in [0, 0.05) is 6.42 Å². The minimum atomic E-state index is -0.312. The Balaban J connectivity index is 0.00000324. The molecule has 0 aromatic heterocycles. The number of hydrogen-bond acceptors (Lipinski definition) is 2. The van der Waals surface area contributed by atoms with E-state index in [-0.39, 0.29) is 29.6 Å². The third-order valence-electron chi connectivity index (χ3n) is 3.12. The van der Waals surface area contributed by atoms with Crippen molar-refractivity contribution in [1.82, 2.24) is 0 Å². The molecule has 0 saturated heterocycles. The van der Waals surface area contributed by atoms with Crippen LogP contribution in [0.5, 0.6) is 0 Å². The zero-order chi connectivity index (χ0) is 13.6. The lowest BCUT2D eigenvalue weighted by molar-refractivity contribution is -0.120. The van der Waals surface area contributed by atoms with E-state index in [0.29, 0.717) is 6.42 Å². The lowest BCUT2D eigenvalue weighted by Gasteiger charge is -2.18. The second-order valence-corrected chi connectivity index (χ2v) is 6.16. The lowest BCUT2D eigenvalue weighted by atomic mass is 9.88. The van der Waals surface area contributed by atoms with E-state index in [4.69, 9.17) is 5.73 Å². The number of carbonyl (C=O) groups excluding carboxylic acids is 1. The van der Waals surface area contributed by atoms with Crippen LogP contribution < -0.4 is 5.73 Å². The molecule has 1 aromatic carbocycles. The summed E-state index contributed by atoms with van der Waals surface area (Å²) in [5.41, 5.74) is 7.39. The highest BCUT2D eigenvalue weighted by molar-refractivity contribution is 5.85. The molecule has 1 atom stereocenters. The molecule has 0 radical (unpaired) electrons. The van der Waals surface area contributed by atoms with Crippen molar-refractivity contribution in [3.63, 3.8) is 0 Å². The van der Waals surface area contributed by atoms with Crippen LogP contribution in [0.4, 0.5) is 0 Å². The molecule has 0 unspecified atom stereocenters. The van der Waals surface area contributed by atoms with Crippen molar-refractivity contribution in [3.05, 3.63) is 35.9 Å². The maximum Gasteiger partial charge on any atom is 0.149 e. The number of carbonyl (C=O) groups is 1. The first-order valence-electron chi connectivity index (χ1n) is 6.71. The second-order valence-electron chi connectivity index (χ2n) is 6.16. The number of ketones is 1. The molecule has 19 heavy (non-hydrogen) atoms. The van der Waals surface area contributed by atoms with Crippen molar-refractivity contribution < 1.29 is 4.79 Å². The van der Waals surface area contributed by atoms with Gasteiger partial charge in [0.1, 0.15) is 5.78 Å². The maximum atomic E-state index is 11.9. The van der Waals surface area contributed by atoms with E-state index in [0.717, 1.165) is 19.3 Å². The van der Waals surface area contributed by atoms with Crippen LogP contribution in [0.25, 0.3) is 0 Å². The van der Waals surface area contributed by atoms with Crippen molar-refractivity contribution in [2.75, 3.05) is 0 Å². The van der Waals surface area contributed by atoms with Gasteiger partial charge in [0.05, 0.1) is 6.04 Å². The molecule has 2 N–H and O–H groups in total. The van der Waals surface area contributed by atoms with Crippen molar-refractivity contribution in [2.45, 2.75) is 52.5 Å². The molecule has 0 heterocycles. The average Bonchev–Trinajstić information content (AvgIpc) is 2.33. The van der Waals surface area contributed by atoms with Gasteiger partial charge < -0.3 is 5.73 Å². The number of Topliss-reactive ketones (excluding diaryl/α,β-unsaturated/α-hetero) is 1. The fourth-order valence-electron chi connectivity index (χ4n) is 1.81. The van der Waals surface area contributed by atoms with E-state index < -0.39 is 0 Å². The standard InChI is InChI=1S/C16H25NO.ClH/c1-16(2,3)12-11-15(18)14(17)10-9-13-7-5-4-6-8-13;/h4-8,14H,9-12,17H2,1-3H3;1H/t14-;/m0./s1. The van der Waals surface area contributed by atoms with Crippen molar-refractivity contribution in [2.24, 2.45) is 11.1 Å². The van der Waals surface area contributed by atoms with Crippen LogP contribution in [0, 0.1) is 5.41 Å². The van der Waals surface area contributed by atoms with Gasteiger partial charge in [0.25, 0.3) is 0 Å². The van der Waals surface area contributed by atoms with Crippen LogP contribution in [0.2, 0.25) is 0 Å². The Bertz CT molecular complexity index is 370. The van der Waals surface area contributed by atoms with Gasteiger partial charge in [-0.2, -0.15) is 0 Å². The molecule has 0 spiro atoms. The number of nitrogens with two attached hydrogens (primary N) is 1. The van der Waals surface area contributed by atoms with E-state index in [2.05, 4.69) is 32.9 Å². The molecular formula is C16H26ClNO. The highest BCUT2D eigenvalue weighted by Gasteiger charge is 2.17. The van der Waals surface area contributed by atoms with Gasteiger partial charge in [-0.25, -0.2) is 0 Å². The van der Waals surface area contributed by atoms with Crippen molar-refractivity contribution in [1.29, 1.82) is 0 Å². The zero-order valence-corrected chi connectivity index (χ0v) is 13.0. The molecule has 3 heteroatoms. The molecule has 0 amide bonds. The molecule has 0 aliphatic carbocycles. The number of halogens is 1. The maximum absolute atomic E-state index is 11.9. The number of rotatable bonds is 6. The largest absolute Gasteiger partial charge is 0.321 e. The van der Waals surface area contributed by atoms with Gasteiger partial charge in [-0.05, 0) is 30.2 Å². The van der Waals surface area contributed by atoms with Crippen molar-refractivity contribution in [3.8, 4) is 0 Å². The molecule has 0 fully saturated rings. The van der Waals surface area contributed by atoms with Gasteiger partial charge in [-0.1, -0.05) is 51.1 Å². The quantitative estimate of drug-likeness (QED) is 0.864. The summed E-state index contributed by atoms with van der Waals surface area (Å²) in [5.74, 6) is 0.195. The zero-order valence-electron chi connectivity index (χ0n) is 12.2. The highest BCUT2D eigenvalue weighted by atomic mass is 35.5. The normalized spacial score (nSPS) is 12.6. The smallest absolute Gasteiger partial charge is 0.149 e. The highest BCUT2D eigenvalue weighted by Crippen LogP contribution is 2.21. The van der Waals surface area contributed by atoms with E-state index in [1.807, 2.05) is 18.2 Å². The first-order chi connectivity index (χ1) is 8.38. The topological polar surface area (TPSA) is 43.1 Å². The molecule has 0 aliphatic heterocycles. The first kappa shape index (κ1) is 18.1. The van der Waals surface area contributed by atoms with E-state index >= 15 is 0 Å². The molecule has 0 bridgehead atoms. The predicted octanol–water partition coefficient (Wildman–Crippen LogP) is 3.76. The minimum Gasteiger partial charge on any atom is -0.321 e. The van der Waals surface area contributed by atoms with Crippen LogP contribution in [0.15, 0.2) is 30.3 Å². The molecule has 1 aromatic rings. The third kappa shape index (κ3) is 8.02. The van der Waals surface area contributed by atoms with Gasteiger partial charge in [0.2, 0.25) is 0 Å². The summed E-state index contributed by atoms with van der Waals surface area (Å²) in [7, 11) is 0. The molecule has 108 valence electrons.